The number of hydrogen-bond donors (Lipinski definition) is 2. The number of hydrogen-bond acceptors (Lipinski definition) is 7. The summed E-state index contributed by atoms with van der Waals surface area (Å²) in [5.41, 5.74) is 3.40. The molecule has 2 aliphatic carbocycles. The Kier molecular flexibility index (Phi) is 7.45. The van der Waals surface area contributed by atoms with Gasteiger partial charge in [0.25, 0.3) is 11.8 Å². The molecule has 12 heteroatoms. The number of amides is 4. The summed E-state index contributed by atoms with van der Waals surface area (Å²) >= 11 is 16.1. The number of phenolic OH excluding ortho intramolecular Hbond substituents is 1. The van der Waals surface area contributed by atoms with E-state index in [2.05, 4.69) is 21.4 Å². The van der Waals surface area contributed by atoms with Crippen molar-refractivity contribution in [2.24, 2.45) is 23.7 Å². The lowest BCUT2D eigenvalue weighted by molar-refractivity contribution is -0.140. The molecule has 2 saturated heterocycles. The lowest BCUT2D eigenvalue weighted by Gasteiger charge is -2.50. The summed E-state index contributed by atoms with van der Waals surface area (Å²) in [6, 6.07) is 16.6. The Labute approximate surface area is 283 Å². The van der Waals surface area contributed by atoms with Crippen LogP contribution in [0.5, 0.6) is 11.5 Å². The minimum absolute atomic E-state index is 0.0677. The number of phenols is 1. The first-order valence-corrected chi connectivity index (χ1v) is 16.3. The Bertz CT molecular complexity index is 1870. The third kappa shape index (κ3) is 4.33. The number of nitrogens with one attached hydrogen (secondary N) is 1. The molecular formula is C34H28BrCl2N3O6. The number of carbonyl (C=O) groups excluding carboxylic acids is 4. The second-order valence-corrected chi connectivity index (χ2v) is 13.9. The van der Waals surface area contributed by atoms with Gasteiger partial charge in [0.15, 0.2) is 0 Å². The van der Waals surface area contributed by atoms with Gasteiger partial charge in [0.2, 0.25) is 11.8 Å². The number of fused-ring (bicyclic) bond motifs is 4. The third-order valence-corrected chi connectivity index (χ3v) is 11.1. The van der Waals surface area contributed by atoms with Crippen LogP contribution in [0.1, 0.15) is 29.9 Å². The molecule has 3 aromatic rings. The van der Waals surface area contributed by atoms with Gasteiger partial charge in [-0.25, -0.2) is 0 Å². The molecule has 2 N–H and O–H groups in total. The van der Waals surface area contributed by atoms with E-state index in [0.29, 0.717) is 38.5 Å². The fourth-order valence-electron chi connectivity index (χ4n) is 8.10. The average molecular weight is 725 g/mol. The van der Waals surface area contributed by atoms with Gasteiger partial charge in [-0.05, 0) is 72.9 Å². The standard InChI is InChI=1S/C34H28BrCl2N3O6/c1-39-30(42)21-10-9-20-22(28(21)32(39)44)15-24-31(43)40(38-26-11-6-18(36)14-25(26)37)33(45)34(24,16-3-7-19(46-2)8-4-16)29(20)23-13-17(35)5-12-27(23)41/h3-9,11-14,21-22,24,28-29,38,41H,10,15H2,1-2H3. The molecule has 0 spiro atoms. The van der Waals surface area contributed by atoms with Gasteiger partial charge in [-0.3, -0.25) is 29.5 Å². The molecule has 236 valence electrons. The first-order valence-electron chi connectivity index (χ1n) is 14.7. The van der Waals surface area contributed by atoms with E-state index in [1.54, 1.807) is 48.5 Å². The SMILES string of the molecule is COc1ccc(C23C(=O)N(Nc4ccc(Cl)cc4Cl)C(=O)C2CC2C(=CCC4C(=O)N(C)C(=O)C42)C3c2cc(Br)ccc2O)cc1. The molecule has 2 heterocycles. The van der Waals surface area contributed by atoms with E-state index in [-0.39, 0.29) is 29.0 Å². The maximum Gasteiger partial charge on any atom is 0.260 e. The minimum Gasteiger partial charge on any atom is -0.508 e. The van der Waals surface area contributed by atoms with Crippen LogP contribution in [-0.2, 0) is 24.6 Å². The van der Waals surface area contributed by atoms with Gasteiger partial charge in [-0.1, -0.05) is 62.9 Å². The number of carbonyl (C=O) groups is 4. The molecule has 2 aliphatic heterocycles. The molecule has 46 heavy (non-hydrogen) atoms. The summed E-state index contributed by atoms with van der Waals surface area (Å²) in [5.74, 6) is -4.78. The molecule has 0 bridgehead atoms. The van der Waals surface area contributed by atoms with Gasteiger partial charge >= 0.3 is 0 Å². The van der Waals surface area contributed by atoms with E-state index >= 15 is 4.79 Å². The molecular weight excluding hydrogens is 697 g/mol. The number of rotatable bonds is 5. The molecule has 3 aromatic carbocycles. The highest BCUT2D eigenvalue weighted by Gasteiger charge is 2.70. The number of nitrogens with zero attached hydrogens (tertiary/aromatic N) is 2. The van der Waals surface area contributed by atoms with Gasteiger partial charge in [-0.15, -0.1) is 0 Å². The zero-order valence-electron chi connectivity index (χ0n) is 24.7. The maximum absolute atomic E-state index is 15.2. The summed E-state index contributed by atoms with van der Waals surface area (Å²) in [4.78, 5) is 57.7. The smallest absolute Gasteiger partial charge is 0.260 e. The molecule has 0 radical (unpaired) electrons. The highest BCUT2D eigenvalue weighted by atomic mass is 79.9. The highest BCUT2D eigenvalue weighted by molar-refractivity contribution is 9.10. The molecule has 6 unspecified atom stereocenters. The second-order valence-electron chi connectivity index (χ2n) is 12.2. The van der Waals surface area contributed by atoms with E-state index < -0.39 is 46.8 Å². The molecule has 7 rings (SSSR count). The molecule has 3 fully saturated rings. The second kappa shape index (κ2) is 11.1. The summed E-state index contributed by atoms with van der Waals surface area (Å²) in [6.07, 6.45) is 2.37. The van der Waals surface area contributed by atoms with Crippen molar-refractivity contribution >= 4 is 68.4 Å². The molecule has 0 aromatic heterocycles. The van der Waals surface area contributed by atoms with E-state index in [0.717, 1.165) is 10.6 Å². The van der Waals surface area contributed by atoms with Crippen LogP contribution in [0.2, 0.25) is 10.0 Å². The average Bonchev–Trinajstić information content (AvgIpc) is 3.40. The number of aromatic hydroxyl groups is 1. The van der Waals surface area contributed by atoms with Crippen LogP contribution < -0.4 is 10.2 Å². The van der Waals surface area contributed by atoms with Crippen molar-refractivity contribution < 1.29 is 29.0 Å². The molecule has 4 amide bonds. The predicted molar refractivity (Wildman–Crippen MR) is 174 cm³/mol. The van der Waals surface area contributed by atoms with Crippen LogP contribution in [0.3, 0.4) is 0 Å². The van der Waals surface area contributed by atoms with Gasteiger partial charge < -0.3 is 9.84 Å². The number of halogens is 3. The van der Waals surface area contributed by atoms with Crippen LogP contribution in [-0.4, -0.2) is 52.8 Å². The first kappa shape index (κ1) is 30.8. The number of benzene rings is 3. The van der Waals surface area contributed by atoms with Crippen LogP contribution in [0, 0.1) is 23.7 Å². The molecule has 9 nitrogen and oxygen atoms in total. The van der Waals surface area contributed by atoms with Crippen LogP contribution in [0.25, 0.3) is 0 Å². The maximum atomic E-state index is 15.2. The van der Waals surface area contributed by atoms with Gasteiger partial charge in [0.05, 0.1) is 41.0 Å². The minimum atomic E-state index is -1.56. The van der Waals surface area contributed by atoms with Gasteiger partial charge in [0, 0.05) is 28.0 Å². The monoisotopic (exact) mass is 723 g/mol. The van der Waals surface area contributed by atoms with Crippen LogP contribution in [0.15, 0.2) is 76.8 Å². The predicted octanol–water partition coefficient (Wildman–Crippen LogP) is 6.08. The van der Waals surface area contributed by atoms with E-state index in [1.807, 2.05) is 6.08 Å². The third-order valence-electron chi connectivity index (χ3n) is 10.1. The van der Waals surface area contributed by atoms with Crippen molar-refractivity contribution in [1.82, 2.24) is 9.91 Å². The Morgan fingerprint density at radius 3 is 2.39 bits per heavy atom. The number of ether oxygens (including phenoxy) is 1. The zero-order valence-corrected chi connectivity index (χ0v) is 27.8. The number of anilines is 1. The fourth-order valence-corrected chi connectivity index (χ4v) is 8.93. The fraction of sp³-hybridized carbons (Fsp3) is 0.294. The van der Waals surface area contributed by atoms with Gasteiger partial charge in [0.1, 0.15) is 11.5 Å². The summed E-state index contributed by atoms with van der Waals surface area (Å²) < 4.78 is 6.07. The van der Waals surface area contributed by atoms with E-state index in [9.17, 15) is 19.5 Å². The van der Waals surface area contributed by atoms with Crippen molar-refractivity contribution in [3.8, 4) is 11.5 Å². The number of likely N-dealkylation sites (tertiary alicyclic amines) is 1. The Balaban J connectivity index is 1.49. The number of imide groups is 2. The lowest BCUT2D eigenvalue weighted by atomic mass is 9.49. The largest absolute Gasteiger partial charge is 0.508 e. The molecule has 6 atom stereocenters. The summed E-state index contributed by atoms with van der Waals surface area (Å²) in [6.45, 7) is 0. The Morgan fingerprint density at radius 2 is 1.70 bits per heavy atom. The van der Waals surface area contributed by atoms with Crippen LogP contribution in [0.4, 0.5) is 5.69 Å². The Hall–Kier alpha value is -3.86. The summed E-state index contributed by atoms with van der Waals surface area (Å²) in [7, 11) is 3.02. The highest BCUT2D eigenvalue weighted by Crippen LogP contribution is 2.65. The van der Waals surface area contributed by atoms with E-state index in [4.69, 9.17) is 27.9 Å². The van der Waals surface area contributed by atoms with E-state index in [1.165, 1.54) is 31.2 Å². The molecule has 1 saturated carbocycles. The normalized spacial score (nSPS) is 28.5. The van der Waals surface area contributed by atoms with Gasteiger partial charge in [-0.2, -0.15) is 5.01 Å². The van der Waals surface area contributed by atoms with Crippen molar-refractivity contribution in [1.29, 1.82) is 0 Å². The van der Waals surface area contributed by atoms with Crippen molar-refractivity contribution in [3.63, 3.8) is 0 Å². The zero-order chi connectivity index (χ0) is 32.7. The quantitative estimate of drug-likeness (QED) is 0.242. The Morgan fingerprint density at radius 1 is 0.957 bits per heavy atom. The number of methoxy groups -OCH3 is 1. The van der Waals surface area contributed by atoms with Crippen LogP contribution >= 0.6 is 39.1 Å². The number of hydrazine groups is 1. The van der Waals surface area contributed by atoms with Crippen molar-refractivity contribution in [2.45, 2.75) is 24.2 Å². The number of allylic oxidation sites excluding steroid dienone is 2. The van der Waals surface area contributed by atoms with Crippen molar-refractivity contribution in [3.05, 3.63) is 98.0 Å². The first-order chi connectivity index (χ1) is 22.0. The lowest BCUT2D eigenvalue weighted by Crippen LogP contribution is -2.53. The topological polar surface area (TPSA) is 116 Å². The summed E-state index contributed by atoms with van der Waals surface area (Å²) in [5, 5.41) is 13.0. The molecule has 4 aliphatic rings. The van der Waals surface area contributed by atoms with Crippen molar-refractivity contribution in [2.75, 3.05) is 19.6 Å².